The summed E-state index contributed by atoms with van der Waals surface area (Å²) in [7, 11) is 0. The Bertz CT molecular complexity index is 1260. The van der Waals surface area contributed by atoms with E-state index in [-0.39, 0.29) is 0 Å². The Kier molecular flexibility index (Phi) is 4.76. The summed E-state index contributed by atoms with van der Waals surface area (Å²) in [5, 5.41) is 21.8. The van der Waals surface area contributed by atoms with Crippen LogP contribution in [0.2, 0.25) is 0 Å². The van der Waals surface area contributed by atoms with E-state index in [1.165, 1.54) is 17.0 Å². The van der Waals surface area contributed by atoms with E-state index in [0.29, 0.717) is 5.82 Å². The number of aromatic nitrogens is 6. The summed E-state index contributed by atoms with van der Waals surface area (Å²) in [4.78, 5) is 3.08. The lowest BCUT2D eigenvalue weighted by Crippen LogP contribution is -2.21. The van der Waals surface area contributed by atoms with E-state index in [1.807, 2.05) is 36.4 Å². The van der Waals surface area contributed by atoms with Gasteiger partial charge in [-0.25, -0.2) is 0 Å². The molecule has 0 bridgehead atoms. The van der Waals surface area contributed by atoms with E-state index in [4.69, 9.17) is 5.10 Å². The average molecular weight is 416 g/mol. The summed E-state index contributed by atoms with van der Waals surface area (Å²) < 4.78 is 1.78. The van der Waals surface area contributed by atoms with Gasteiger partial charge in [0.15, 0.2) is 0 Å². The predicted molar refractivity (Wildman–Crippen MR) is 121 cm³/mol. The number of fused-ring (bicyclic) bond motifs is 1. The van der Waals surface area contributed by atoms with E-state index >= 15 is 0 Å². The SMILES string of the molecule is CCN(CC)c1ccc(-c2nn3c(-c4cc(-c5ccccc5)n[nH]4)nnc3s2)cc1. The summed E-state index contributed by atoms with van der Waals surface area (Å²) >= 11 is 1.53. The second-order valence-corrected chi connectivity index (χ2v) is 7.83. The molecule has 0 atom stereocenters. The van der Waals surface area contributed by atoms with Crippen molar-refractivity contribution in [1.82, 2.24) is 30.0 Å². The molecule has 150 valence electrons. The molecule has 3 aromatic heterocycles. The van der Waals surface area contributed by atoms with E-state index in [0.717, 1.165) is 45.6 Å². The van der Waals surface area contributed by atoms with Crippen LogP contribution in [0.3, 0.4) is 0 Å². The second-order valence-electron chi connectivity index (χ2n) is 6.88. The van der Waals surface area contributed by atoms with Gasteiger partial charge < -0.3 is 4.90 Å². The molecule has 2 aromatic carbocycles. The van der Waals surface area contributed by atoms with Crippen LogP contribution in [-0.2, 0) is 0 Å². The largest absolute Gasteiger partial charge is 0.372 e. The first kappa shape index (κ1) is 18.5. The lowest BCUT2D eigenvalue weighted by atomic mass is 10.1. The molecule has 8 heteroatoms. The fraction of sp³-hybridized carbons (Fsp3) is 0.182. The Morgan fingerprint density at radius 3 is 2.43 bits per heavy atom. The topological polar surface area (TPSA) is 75.0 Å². The molecule has 7 nitrogen and oxygen atoms in total. The van der Waals surface area contributed by atoms with Crippen LogP contribution in [-0.4, -0.2) is 43.1 Å². The third-order valence-corrected chi connectivity index (χ3v) is 6.07. The maximum absolute atomic E-state index is 4.76. The van der Waals surface area contributed by atoms with Gasteiger partial charge in [-0.2, -0.15) is 14.7 Å². The number of hydrogen-bond donors (Lipinski definition) is 1. The lowest BCUT2D eigenvalue weighted by molar-refractivity contribution is 0.866. The minimum absolute atomic E-state index is 0.655. The molecule has 0 spiro atoms. The summed E-state index contributed by atoms with van der Waals surface area (Å²) in [5.74, 6) is 0.655. The molecule has 0 aliphatic rings. The van der Waals surface area contributed by atoms with Crippen LogP contribution in [0.5, 0.6) is 0 Å². The highest BCUT2D eigenvalue weighted by molar-refractivity contribution is 7.19. The smallest absolute Gasteiger partial charge is 0.235 e. The first-order valence-electron chi connectivity index (χ1n) is 9.95. The molecule has 0 saturated carbocycles. The van der Waals surface area contributed by atoms with Crippen molar-refractivity contribution in [1.29, 1.82) is 0 Å². The Balaban J connectivity index is 1.47. The van der Waals surface area contributed by atoms with Crippen molar-refractivity contribution >= 4 is 22.0 Å². The first-order valence-corrected chi connectivity index (χ1v) is 10.8. The third-order valence-electron chi connectivity index (χ3n) is 5.12. The van der Waals surface area contributed by atoms with Gasteiger partial charge in [0.2, 0.25) is 10.8 Å². The van der Waals surface area contributed by atoms with Gasteiger partial charge >= 0.3 is 0 Å². The number of hydrogen-bond acceptors (Lipinski definition) is 6. The Morgan fingerprint density at radius 1 is 0.933 bits per heavy atom. The summed E-state index contributed by atoms with van der Waals surface area (Å²) in [5.41, 5.74) is 4.99. The summed E-state index contributed by atoms with van der Waals surface area (Å²) in [6.07, 6.45) is 0. The molecule has 3 heterocycles. The highest BCUT2D eigenvalue weighted by Gasteiger charge is 2.17. The molecule has 0 aliphatic carbocycles. The van der Waals surface area contributed by atoms with E-state index in [9.17, 15) is 0 Å². The van der Waals surface area contributed by atoms with Crippen molar-refractivity contribution in [2.45, 2.75) is 13.8 Å². The second kappa shape index (κ2) is 7.72. The summed E-state index contributed by atoms with van der Waals surface area (Å²) in [6.45, 7) is 6.32. The maximum atomic E-state index is 4.76. The standard InChI is InChI=1S/C22H21N7S/c1-3-28(4-2)17-12-10-16(11-13-17)21-27-29-20(25-26-22(29)30-21)19-14-18(23-24-19)15-8-6-5-7-9-15/h5-14H,3-4H2,1-2H3,(H,23,24). The van der Waals surface area contributed by atoms with Crippen LogP contribution >= 0.6 is 11.3 Å². The Hall–Kier alpha value is -3.52. The van der Waals surface area contributed by atoms with Crippen LogP contribution in [0.1, 0.15) is 13.8 Å². The minimum atomic E-state index is 0.655. The van der Waals surface area contributed by atoms with Gasteiger partial charge in [0.05, 0.1) is 5.69 Å². The molecule has 5 aromatic rings. The average Bonchev–Trinajstić information content (AvgIpc) is 3.52. The fourth-order valence-corrected chi connectivity index (χ4v) is 4.34. The quantitative estimate of drug-likeness (QED) is 0.433. The van der Waals surface area contributed by atoms with Crippen LogP contribution < -0.4 is 4.90 Å². The van der Waals surface area contributed by atoms with Crippen molar-refractivity contribution < 1.29 is 0 Å². The van der Waals surface area contributed by atoms with Gasteiger partial charge in [0, 0.05) is 29.9 Å². The van der Waals surface area contributed by atoms with E-state index < -0.39 is 0 Å². The highest BCUT2D eigenvalue weighted by atomic mass is 32.1. The molecule has 0 saturated heterocycles. The molecule has 0 radical (unpaired) electrons. The van der Waals surface area contributed by atoms with Crippen molar-refractivity contribution in [2.24, 2.45) is 0 Å². The molecule has 0 amide bonds. The van der Waals surface area contributed by atoms with Crippen LogP contribution in [0, 0.1) is 0 Å². The zero-order valence-corrected chi connectivity index (χ0v) is 17.6. The van der Waals surface area contributed by atoms with Crippen molar-refractivity contribution in [3.8, 4) is 33.3 Å². The van der Waals surface area contributed by atoms with Gasteiger partial charge in [0.1, 0.15) is 10.7 Å². The number of anilines is 1. The maximum Gasteiger partial charge on any atom is 0.235 e. The Labute approximate surface area is 178 Å². The summed E-state index contributed by atoms with van der Waals surface area (Å²) in [6, 6.07) is 20.5. The molecule has 5 rings (SSSR count). The van der Waals surface area contributed by atoms with Gasteiger partial charge in [-0.15, -0.1) is 10.2 Å². The third kappa shape index (κ3) is 3.25. The zero-order chi connectivity index (χ0) is 20.5. The monoisotopic (exact) mass is 415 g/mol. The van der Waals surface area contributed by atoms with E-state index in [1.54, 1.807) is 4.52 Å². The first-order chi connectivity index (χ1) is 14.8. The van der Waals surface area contributed by atoms with Crippen molar-refractivity contribution in [2.75, 3.05) is 18.0 Å². The number of benzene rings is 2. The Morgan fingerprint density at radius 2 is 1.70 bits per heavy atom. The molecule has 0 aliphatic heterocycles. The normalized spacial score (nSPS) is 11.3. The molecule has 0 fully saturated rings. The number of nitrogens with zero attached hydrogens (tertiary/aromatic N) is 6. The van der Waals surface area contributed by atoms with Crippen LogP contribution in [0.4, 0.5) is 5.69 Å². The van der Waals surface area contributed by atoms with Gasteiger partial charge in [-0.05, 0) is 44.2 Å². The number of nitrogens with one attached hydrogen (secondary N) is 1. The van der Waals surface area contributed by atoms with Crippen molar-refractivity contribution in [3.05, 3.63) is 60.7 Å². The van der Waals surface area contributed by atoms with Crippen molar-refractivity contribution in [3.63, 3.8) is 0 Å². The number of rotatable bonds is 6. The van der Waals surface area contributed by atoms with Gasteiger partial charge in [-0.1, -0.05) is 41.7 Å². The fourth-order valence-electron chi connectivity index (χ4n) is 3.50. The number of aromatic amines is 1. The number of H-pyrrole nitrogens is 1. The molecule has 0 unspecified atom stereocenters. The minimum Gasteiger partial charge on any atom is -0.372 e. The van der Waals surface area contributed by atoms with Crippen LogP contribution in [0.15, 0.2) is 60.7 Å². The van der Waals surface area contributed by atoms with E-state index in [2.05, 4.69) is 63.4 Å². The zero-order valence-electron chi connectivity index (χ0n) is 16.8. The predicted octanol–water partition coefficient (Wildman–Crippen LogP) is 4.76. The molecule has 30 heavy (non-hydrogen) atoms. The van der Waals surface area contributed by atoms with Crippen LogP contribution in [0.25, 0.3) is 38.3 Å². The van der Waals surface area contributed by atoms with Gasteiger partial charge in [-0.3, -0.25) is 5.10 Å². The van der Waals surface area contributed by atoms with Gasteiger partial charge in [0.25, 0.3) is 0 Å². The molecular formula is C22H21N7S. The highest BCUT2D eigenvalue weighted by Crippen LogP contribution is 2.30. The lowest BCUT2D eigenvalue weighted by Gasteiger charge is -2.20. The molecule has 1 N–H and O–H groups in total. The molecular weight excluding hydrogens is 394 g/mol.